The number of hydrogen-bond acceptors (Lipinski definition) is 5. The molecule has 0 saturated heterocycles. The molecule has 0 unspecified atom stereocenters. The van der Waals surface area contributed by atoms with Crippen LogP contribution in [0.25, 0.3) is 0 Å². The molecule has 0 saturated carbocycles. The van der Waals surface area contributed by atoms with E-state index in [4.69, 9.17) is 15.6 Å². The van der Waals surface area contributed by atoms with Gasteiger partial charge in [0, 0.05) is 12.6 Å². The number of nitrogens with one attached hydrogen (secondary N) is 3. The van der Waals surface area contributed by atoms with E-state index in [0.29, 0.717) is 18.7 Å². The zero-order valence-corrected chi connectivity index (χ0v) is 16.3. The summed E-state index contributed by atoms with van der Waals surface area (Å²) in [6.45, 7) is 0.560. The van der Waals surface area contributed by atoms with Crippen LogP contribution >= 0.6 is 15.9 Å². The average molecular weight is 446 g/mol. The van der Waals surface area contributed by atoms with Gasteiger partial charge in [0.15, 0.2) is 5.84 Å². The van der Waals surface area contributed by atoms with Crippen LogP contribution in [-0.4, -0.2) is 41.1 Å². The maximum Gasteiger partial charge on any atom is 0.260 e. The van der Waals surface area contributed by atoms with Crippen LogP contribution in [-0.2, 0) is 0 Å². The van der Waals surface area contributed by atoms with Crippen LogP contribution in [0.1, 0.15) is 22.5 Å². The molecule has 3 rings (SSSR count). The van der Waals surface area contributed by atoms with Gasteiger partial charge in [0.25, 0.3) is 5.91 Å². The highest BCUT2D eigenvalue weighted by Gasteiger charge is 2.18. The van der Waals surface area contributed by atoms with Gasteiger partial charge in [-0.15, -0.1) is 0 Å². The Kier molecular flexibility index (Phi) is 6.15. The number of rotatable bonds is 1. The Hall–Kier alpha value is -3.07. The number of hydrogen-bond donors (Lipinski definition) is 3. The lowest BCUT2D eigenvalue weighted by atomic mass is 10.1. The molecule has 2 aromatic rings. The van der Waals surface area contributed by atoms with Crippen LogP contribution in [0.5, 0.6) is 5.75 Å². The number of carbonyl (C=O) groups excluding carboxylic acids is 1. The zero-order chi connectivity index (χ0) is 20.1. The summed E-state index contributed by atoms with van der Waals surface area (Å²) in [5.74, 6) is -0.649. The fourth-order valence-electron chi connectivity index (χ4n) is 2.54. The molecule has 1 aromatic carbocycles. The molecule has 1 aliphatic rings. The molecule has 2 heterocycles. The van der Waals surface area contributed by atoms with E-state index in [1.165, 1.54) is 11.0 Å². The van der Waals surface area contributed by atoms with Gasteiger partial charge in [-0.2, -0.15) is 0 Å². The zero-order valence-electron chi connectivity index (χ0n) is 14.7. The summed E-state index contributed by atoms with van der Waals surface area (Å²) in [7, 11) is 0. The lowest BCUT2D eigenvalue weighted by Gasteiger charge is -2.17. The highest BCUT2D eigenvalue weighted by Crippen LogP contribution is 2.27. The number of halogens is 2. The van der Waals surface area contributed by atoms with E-state index in [0.717, 1.165) is 12.4 Å². The first-order valence-electron chi connectivity index (χ1n) is 8.41. The van der Waals surface area contributed by atoms with Crippen molar-refractivity contribution >= 4 is 39.8 Å². The molecular weight excluding hydrogens is 429 g/mol. The molecule has 1 aromatic heterocycles. The Morgan fingerprint density at radius 3 is 2.93 bits per heavy atom. The third-order valence-corrected chi connectivity index (χ3v) is 4.56. The minimum absolute atomic E-state index is 0.0343. The standard InChI is InChI=1S/C19H17BrFN5O2/c20-13-9-12-16(10-14(13)21)28-8-3-1-2-7-26(11-22)18(23)15-5-4-6-17(24-15)25-19(12)27/h1-2,4-6,9-11,22-23H,3,7-8H2,(H,24,25,27)/b2-1+,22-11?,23-18?. The first-order valence-corrected chi connectivity index (χ1v) is 9.20. The number of ether oxygens (including phenoxy) is 1. The number of anilines is 1. The molecule has 3 N–H and O–H groups in total. The lowest BCUT2D eigenvalue weighted by Crippen LogP contribution is -2.30. The van der Waals surface area contributed by atoms with E-state index in [2.05, 4.69) is 26.2 Å². The van der Waals surface area contributed by atoms with Crippen LogP contribution in [0.2, 0.25) is 0 Å². The fraction of sp³-hybridized carbons (Fsp3) is 0.158. The number of benzene rings is 1. The molecule has 1 aliphatic heterocycles. The van der Waals surface area contributed by atoms with E-state index in [1.54, 1.807) is 24.3 Å². The van der Waals surface area contributed by atoms with Crippen molar-refractivity contribution < 1.29 is 13.9 Å². The molecule has 28 heavy (non-hydrogen) atoms. The molecule has 144 valence electrons. The highest BCUT2D eigenvalue weighted by molar-refractivity contribution is 9.10. The van der Waals surface area contributed by atoms with Crippen molar-refractivity contribution in [2.45, 2.75) is 6.42 Å². The van der Waals surface area contributed by atoms with E-state index < -0.39 is 11.7 Å². The molecule has 0 radical (unpaired) electrons. The van der Waals surface area contributed by atoms with Crippen molar-refractivity contribution in [3.63, 3.8) is 0 Å². The molecular formula is C19H17BrFN5O2. The predicted molar refractivity (Wildman–Crippen MR) is 108 cm³/mol. The minimum atomic E-state index is -0.532. The van der Waals surface area contributed by atoms with Gasteiger partial charge in [0.2, 0.25) is 0 Å². The van der Waals surface area contributed by atoms with Crippen molar-refractivity contribution in [1.82, 2.24) is 9.88 Å². The van der Waals surface area contributed by atoms with Gasteiger partial charge in [-0.25, -0.2) is 9.37 Å². The summed E-state index contributed by atoms with van der Waals surface area (Å²) in [6.07, 6.45) is 5.20. The largest absolute Gasteiger partial charge is 0.492 e. The van der Waals surface area contributed by atoms with Crippen LogP contribution in [0.4, 0.5) is 10.2 Å². The summed E-state index contributed by atoms with van der Waals surface area (Å²) < 4.78 is 19.7. The van der Waals surface area contributed by atoms with Crippen LogP contribution in [0, 0.1) is 16.6 Å². The Balaban J connectivity index is 2.01. The Morgan fingerprint density at radius 1 is 1.32 bits per heavy atom. The molecule has 0 aliphatic carbocycles. The summed E-state index contributed by atoms with van der Waals surface area (Å²) in [5.41, 5.74) is 0.469. The van der Waals surface area contributed by atoms with E-state index >= 15 is 0 Å². The number of fused-ring (bicyclic) bond motifs is 3. The van der Waals surface area contributed by atoms with Crippen molar-refractivity contribution in [3.8, 4) is 5.75 Å². The molecule has 0 atom stereocenters. The quantitative estimate of drug-likeness (QED) is 0.352. The lowest BCUT2D eigenvalue weighted by molar-refractivity contribution is 0.102. The normalized spacial score (nSPS) is 16.1. The highest BCUT2D eigenvalue weighted by atomic mass is 79.9. The smallest absolute Gasteiger partial charge is 0.260 e. The number of carbonyl (C=O) groups is 1. The number of pyridine rings is 1. The molecule has 7 nitrogen and oxygen atoms in total. The van der Waals surface area contributed by atoms with Crippen LogP contribution in [0.15, 0.2) is 47.0 Å². The van der Waals surface area contributed by atoms with Crippen molar-refractivity contribution in [2.75, 3.05) is 18.5 Å². The second kappa shape index (κ2) is 8.75. The average Bonchev–Trinajstić information content (AvgIpc) is 2.69. The fourth-order valence-corrected chi connectivity index (χ4v) is 2.89. The Morgan fingerprint density at radius 2 is 2.14 bits per heavy atom. The first-order chi connectivity index (χ1) is 13.5. The van der Waals surface area contributed by atoms with Gasteiger partial charge < -0.3 is 15.0 Å². The molecule has 0 spiro atoms. The van der Waals surface area contributed by atoms with Gasteiger partial charge in [0.1, 0.15) is 23.1 Å². The van der Waals surface area contributed by atoms with Gasteiger partial charge in [-0.1, -0.05) is 18.2 Å². The SMILES string of the molecule is N=CN1C/C=C/CCOc2cc(F)c(Br)cc2C(=O)Nc2cccc(n2)C1=N. The number of nitrogens with zero attached hydrogens (tertiary/aromatic N) is 2. The maximum atomic E-state index is 13.9. The van der Waals surface area contributed by atoms with Crippen molar-refractivity contribution in [2.24, 2.45) is 0 Å². The third-order valence-electron chi connectivity index (χ3n) is 3.95. The van der Waals surface area contributed by atoms with Gasteiger partial charge in [-0.3, -0.25) is 15.6 Å². The number of amides is 1. The summed E-state index contributed by atoms with van der Waals surface area (Å²) in [6, 6.07) is 7.38. The summed E-state index contributed by atoms with van der Waals surface area (Å²) in [5, 5.41) is 18.4. The predicted octanol–water partition coefficient (Wildman–Crippen LogP) is 3.81. The number of amidine groups is 1. The topological polar surface area (TPSA) is 102 Å². The van der Waals surface area contributed by atoms with Crippen LogP contribution in [0.3, 0.4) is 0 Å². The van der Waals surface area contributed by atoms with E-state index in [-0.39, 0.29) is 34.0 Å². The second-order valence-corrected chi connectivity index (χ2v) is 6.72. The molecule has 0 fully saturated rings. The third kappa shape index (κ3) is 4.42. The summed E-state index contributed by atoms with van der Waals surface area (Å²) in [4.78, 5) is 18.4. The Labute approximate surface area is 169 Å². The van der Waals surface area contributed by atoms with Crippen molar-refractivity contribution in [1.29, 1.82) is 10.8 Å². The molecule has 9 heteroatoms. The molecule has 1 amide bonds. The van der Waals surface area contributed by atoms with Crippen LogP contribution < -0.4 is 10.1 Å². The second-order valence-electron chi connectivity index (χ2n) is 5.86. The number of aromatic nitrogens is 1. The minimum Gasteiger partial charge on any atom is -0.492 e. The maximum absolute atomic E-state index is 13.9. The summed E-state index contributed by atoms with van der Waals surface area (Å²) >= 11 is 3.09. The van der Waals surface area contributed by atoms with Gasteiger partial charge in [0.05, 0.1) is 23.0 Å². The van der Waals surface area contributed by atoms with E-state index in [1.807, 2.05) is 6.08 Å². The Bertz CT molecular complexity index is 963. The first kappa shape index (κ1) is 19.7. The molecule has 2 bridgehead atoms. The van der Waals surface area contributed by atoms with Crippen molar-refractivity contribution in [3.05, 3.63) is 64.0 Å². The van der Waals surface area contributed by atoms with E-state index in [9.17, 15) is 9.18 Å². The van der Waals surface area contributed by atoms with Gasteiger partial charge in [-0.05, 0) is 40.5 Å². The monoisotopic (exact) mass is 445 g/mol. The van der Waals surface area contributed by atoms with Gasteiger partial charge >= 0.3 is 0 Å².